The Morgan fingerprint density at radius 2 is 2.00 bits per heavy atom. The van der Waals surface area contributed by atoms with E-state index in [1.54, 1.807) is 0 Å². The molecule has 0 aliphatic rings. The molecule has 0 aliphatic heterocycles. The van der Waals surface area contributed by atoms with E-state index in [1.165, 1.54) is 16.3 Å². The van der Waals surface area contributed by atoms with E-state index in [0.29, 0.717) is 0 Å². The molecule has 0 radical (unpaired) electrons. The molecule has 0 unspecified atom stereocenters. The van der Waals surface area contributed by atoms with Gasteiger partial charge in [0.1, 0.15) is 5.82 Å². The maximum Gasteiger partial charge on any atom is 0.136 e. The van der Waals surface area contributed by atoms with Gasteiger partial charge in [0.15, 0.2) is 0 Å². The van der Waals surface area contributed by atoms with Crippen molar-refractivity contribution in [2.75, 3.05) is 38.8 Å². The second kappa shape index (κ2) is 7.22. The molecule has 20 heavy (non-hydrogen) atoms. The van der Waals surface area contributed by atoms with Crippen molar-refractivity contribution in [3.63, 3.8) is 0 Å². The summed E-state index contributed by atoms with van der Waals surface area (Å²) in [6.45, 7) is 5.16. The van der Waals surface area contributed by atoms with Gasteiger partial charge in [-0.1, -0.05) is 24.3 Å². The summed E-state index contributed by atoms with van der Waals surface area (Å²) in [7, 11) is 4.02. The third-order valence-corrected chi connectivity index (χ3v) is 3.36. The summed E-state index contributed by atoms with van der Waals surface area (Å²) < 4.78 is 5.42. The zero-order valence-corrected chi connectivity index (χ0v) is 12.5. The highest BCUT2D eigenvalue weighted by Crippen LogP contribution is 2.26. The van der Waals surface area contributed by atoms with E-state index in [2.05, 4.69) is 46.5 Å². The first-order valence-corrected chi connectivity index (χ1v) is 7.08. The summed E-state index contributed by atoms with van der Waals surface area (Å²) in [5, 5.41) is 5.65. The molecule has 0 spiro atoms. The number of anilines is 1. The number of nitrogens with zero attached hydrogens (tertiary/aromatic N) is 2. The summed E-state index contributed by atoms with van der Waals surface area (Å²) in [4.78, 5) is 6.79. The minimum absolute atomic E-state index is 0.723. The van der Waals surface area contributed by atoms with Crippen LogP contribution in [0.2, 0.25) is 0 Å². The molecule has 0 bridgehead atoms. The summed E-state index contributed by atoms with van der Waals surface area (Å²) in [5.41, 5.74) is 1.23. The first kappa shape index (κ1) is 14.8. The molecule has 4 heteroatoms. The molecule has 0 aliphatic carbocycles. The highest BCUT2D eigenvalue weighted by Gasteiger charge is 2.10. The van der Waals surface area contributed by atoms with E-state index in [0.717, 1.165) is 32.1 Å². The van der Waals surface area contributed by atoms with Crippen LogP contribution in [0.25, 0.3) is 10.8 Å². The molecule has 0 fully saturated rings. The van der Waals surface area contributed by atoms with Crippen LogP contribution in [0.4, 0.5) is 5.82 Å². The quantitative estimate of drug-likeness (QED) is 0.786. The lowest BCUT2D eigenvalue weighted by Crippen LogP contribution is -2.24. The Morgan fingerprint density at radius 1 is 1.25 bits per heavy atom. The van der Waals surface area contributed by atoms with Gasteiger partial charge in [0.2, 0.25) is 0 Å². The van der Waals surface area contributed by atoms with Crippen LogP contribution in [0.5, 0.6) is 0 Å². The lowest BCUT2D eigenvalue weighted by atomic mass is 10.1. The van der Waals surface area contributed by atoms with Crippen molar-refractivity contribution in [3.05, 3.63) is 36.0 Å². The Hall–Kier alpha value is -1.65. The Morgan fingerprint density at radius 3 is 2.70 bits per heavy atom. The van der Waals surface area contributed by atoms with E-state index in [1.807, 2.05) is 20.2 Å². The Labute approximate surface area is 120 Å². The number of hydrogen-bond donors (Lipinski definition) is 1. The molecule has 4 nitrogen and oxygen atoms in total. The van der Waals surface area contributed by atoms with Gasteiger partial charge < -0.3 is 15.0 Å². The normalized spacial score (nSPS) is 10.9. The molecule has 0 saturated heterocycles. The maximum absolute atomic E-state index is 5.42. The van der Waals surface area contributed by atoms with Gasteiger partial charge >= 0.3 is 0 Å². The van der Waals surface area contributed by atoms with Crippen LogP contribution in [0, 0.1) is 0 Å². The molecular formula is C16H23N3O. The molecule has 0 atom stereocenters. The third kappa shape index (κ3) is 3.26. The van der Waals surface area contributed by atoms with Gasteiger partial charge in [-0.25, -0.2) is 4.98 Å². The monoisotopic (exact) mass is 273 g/mol. The topological polar surface area (TPSA) is 37.4 Å². The van der Waals surface area contributed by atoms with Crippen molar-refractivity contribution in [2.45, 2.75) is 13.5 Å². The van der Waals surface area contributed by atoms with Crippen molar-refractivity contribution in [1.29, 1.82) is 0 Å². The zero-order valence-electron chi connectivity index (χ0n) is 12.5. The van der Waals surface area contributed by atoms with E-state index >= 15 is 0 Å². The van der Waals surface area contributed by atoms with Crippen molar-refractivity contribution < 1.29 is 4.74 Å². The third-order valence-electron chi connectivity index (χ3n) is 3.36. The lowest BCUT2D eigenvalue weighted by molar-refractivity contribution is 0.154. The van der Waals surface area contributed by atoms with Crippen LogP contribution >= 0.6 is 0 Å². The number of hydrogen-bond acceptors (Lipinski definition) is 4. The Kier molecular flexibility index (Phi) is 5.32. The fraction of sp³-hybridized carbons (Fsp3) is 0.438. The average Bonchev–Trinajstić information content (AvgIpc) is 2.48. The van der Waals surface area contributed by atoms with Crippen LogP contribution in [0.15, 0.2) is 30.5 Å². The summed E-state index contributed by atoms with van der Waals surface area (Å²) in [6.07, 6.45) is 1.96. The highest BCUT2D eigenvalue weighted by atomic mass is 16.5. The predicted molar refractivity (Wildman–Crippen MR) is 84.3 cm³/mol. The van der Waals surface area contributed by atoms with E-state index in [-0.39, 0.29) is 0 Å². The molecule has 0 amide bonds. The molecule has 1 N–H and O–H groups in total. The van der Waals surface area contributed by atoms with Gasteiger partial charge in [-0.3, -0.25) is 0 Å². The standard InChI is InChI=1S/C16H23N3O/c1-4-20-10-9-19(3)16-15-8-6-5-7-14(15)13(11-17-2)12-18-16/h5-8,12,17H,4,9-11H2,1-3H3. The number of likely N-dealkylation sites (N-methyl/N-ethyl adjacent to an activating group) is 1. The number of nitrogens with one attached hydrogen (secondary N) is 1. The minimum atomic E-state index is 0.723. The second-order valence-electron chi connectivity index (χ2n) is 4.80. The Balaban J connectivity index is 2.32. The molecule has 0 saturated carbocycles. The van der Waals surface area contributed by atoms with Crippen LogP contribution in [-0.4, -0.2) is 38.8 Å². The fourth-order valence-electron chi connectivity index (χ4n) is 2.32. The second-order valence-corrected chi connectivity index (χ2v) is 4.80. The van der Waals surface area contributed by atoms with Crippen LogP contribution in [0.1, 0.15) is 12.5 Å². The van der Waals surface area contributed by atoms with Crippen molar-refractivity contribution in [2.24, 2.45) is 0 Å². The predicted octanol–water partition coefficient (Wildman–Crippen LogP) is 2.43. The lowest BCUT2D eigenvalue weighted by Gasteiger charge is -2.20. The Bertz CT molecular complexity index is 556. The fourth-order valence-corrected chi connectivity index (χ4v) is 2.32. The first-order chi connectivity index (χ1) is 9.77. The van der Waals surface area contributed by atoms with E-state index in [4.69, 9.17) is 4.74 Å². The number of pyridine rings is 1. The average molecular weight is 273 g/mol. The van der Waals surface area contributed by atoms with Crippen LogP contribution in [0.3, 0.4) is 0 Å². The maximum atomic E-state index is 5.42. The first-order valence-electron chi connectivity index (χ1n) is 7.08. The SMILES string of the molecule is CCOCCN(C)c1ncc(CNC)c2ccccc12. The van der Waals surface area contributed by atoms with E-state index < -0.39 is 0 Å². The highest BCUT2D eigenvalue weighted by molar-refractivity contribution is 5.94. The number of benzene rings is 1. The molecule has 1 aromatic heterocycles. The summed E-state index contributed by atoms with van der Waals surface area (Å²) >= 11 is 0. The number of ether oxygens (including phenoxy) is 1. The van der Waals surface area contributed by atoms with Gasteiger partial charge in [-0.15, -0.1) is 0 Å². The zero-order chi connectivity index (χ0) is 14.4. The molecular weight excluding hydrogens is 250 g/mol. The molecule has 108 valence electrons. The van der Waals surface area contributed by atoms with Gasteiger partial charge in [-0.2, -0.15) is 0 Å². The number of fused-ring (bicyclic) bond motifs is 1. The van der Waals surface area contributed by atoms with Crippen molar-refractivity contribution >= 4 is 16.6 Å². The summed E-state index contributed by atoms with van der Waals surface area (Å²) in [5.74, 6) is 1.01. The largest absolute Gasteiger partial charge is 0.380 e. The van der Waals surface area contributed by atoms with Gasteiger partial charge in [-0.05, 0) is 24.9 Å². The van der Waals surface area contributed by atoms with E-state index in [9.17, 15) is 0 Å². The molecule has 1 aromatic carbocycles. The van der Waals surface area contributed by atoms with Gasteiger partial charge in [0.05, 0.1) is 6.61 Å². The molecule has 2 rings (SSSR count). The molecule has 1 heterocycles. The van der Waals surface area contributed by atoms with Crippen LogP contribution in [-0.2, 0) is 11.3 Å². The van der Waals surface area contributed by atoms with Gasteiger partial charge in [0, 0.05) is 38.3 Å². The number of rotatable bonds is 7. The van der Waals surface area contributed by atoms with Crippen molar-refractivity contribution in [3.8, 4) is 0 Å². The smallest absolute Gasteiger partial charge is 0.136 e. The van der Waals surface area contributed by atoms with Crippen molar-refractivity contribution in [1.82, 2.24) is 10.3 Å². The minimum Gasteiger partial charge on any atom is -0.380 e. The number of aromatic nitrogens is 1. The van der Waals surface area contributed by atoms with Crippen LogP contribution < -0.4 is 10.2 Å². The summed E-state index contributed by atoms with van der Waals surface area (Å²) in [6, 6.07) is 8.43. The van der Waals surface area contributed by atoms with Gasteiger partial charge in [0.25, 0.3) is 0 Å². The molecule has 2 aromatic rings.